The fourth-order valence-corrected chi connectivity index (χ4v) is 12.2. The predicted molar refractivity (Wildman–Crippen MR) is 384 cm³/mol. The number of amides is 7. The van der Waals surface area contributed by atoms with Gasteiger partial charge in [-0.05, 0) is 100 Å². The largest absolute Gasteiger partial charge is 0.481 e. The van der Waals surface area contributed by atoms with E-state index in [2.05, 4.69) is 31.6 Å². The van der Waals surface area contributed by atoms with E-state index in [0.717, 1.165) is 6.92 Å². The number of nitrogens with one attached hydrogen (secondary N) is 6. The van der Waals surface area contributed by atoms with Crippen LogP contribution in [0.15, 0.2) is 91.1 Å². The van der Waals surface area contributed by atoms with E-state index in [4.69, 9.17) is 22.3 Å². The Balaban J connectivity index is 1.76. The van der Waals surface area contributed by atoms with Crippen molar-refractivity contribution >= 4 is 123 Å². The number of aromatic amines is 1. The van der Waals surface area contributed by atoms with Crippen molar-refractivity contribution in [3.05, 3.63) is 108 Å². The fourth-order valence-electron chi connectivity index (χ4n) is 12.2. The Kier molecular flexibility index (Phi) is 37.6. The van der Waals surface area contributed by atoms with Crippen LogP contribution in [0.1, 0.15) is 158 Å². The molecule has 590 valence electrons. The molecule has 1 heterocycles. The first-order chi connectivity index (χ1) is 51.5. The smallest absolute Gasteiger partial charge is 0.303 e. The lowest BCUT2D eigenvalue weighted by Gasteiger charge is -2.27. The molecule has 0 spiro atoms. The third-order valence-electron chi connectivity index (χ3n) is 18.3. The highest BCUT2D eigenvalue weighted by Crippen LogP contribution is 2.27. The summed E-state index contributed by atoms with van der Waals surface area (Å²) in [6.07, 6.45) is -12.2. The quantitative estimate of drug-likeness (QED) is 0.0301. The number of aliphatic carboxylic acids is 6. The van der Waals surface area contributed by atoms with Crippen LogP contribution < -0.4 is 43.8 Å². The number of para-hydroxylation sites is 1. The number of rotatable bonds is 56. The summed E-state index contributed by atoms with van der Waals surface area (Å²) in [5.74, 6) is -28.0. The number of Topliss-reactive ketones (excluding diaryl/α,β-unsaturated/α-hetero) is 6. The zero-order valence-corrected chi connectivity index (χ0v) is 60.2. The summed E-state index contributed by atoms with van der Waals surface area (Å²) in [4.78, 5) is 255. The highest BCUT2D eigenvalue weighted by atomic mass is 16.4. The maximum absolute atomic E-state index is 15.2. The lowest BCUT2D eigenvalue weighted by molar-refractivity contribution is -0.139. The second kappa shape index (κ2) is 45.7. The van der Waals surface area contributed by atoms with Gasteiger partial charge in [0, 0.05) is 130 Å². The molecule has 3 aromatic carbocycles. The molecule has 4 aromatic rings. The molecule has 0 bridgehead atoms. The molecule has 0 aliphatic rings. The molecule has 109 heavy (non-hydrogen) atoms. The van der Waals surface area contributed by atoms with Crippen LogP contribution in [0.25, 0.3) is 10.9 Å². The van der Waals surface area contributed by atoms with Crippen molar-refractivity contribution in [2.24, 2.45) is 46.8 Å². The number of hydrogen-bond donors (Lipinski definition) is 15. The summed E-state index contributed by atoms with van der Waals surface area (Å²) in [6.45, 7) is 1.08. The SMILES string of the molecule is CC(=O)[C@H](CCC(=O)O)NC(=O)[C@H](CCC(N)=O)CC(=O)[C@H](CCC(=O)O)NC(=O)[C@@H](CC(=O)[C@H](CCC(=O)O)NC(=O)[C@@H](CC(=O)[C@H](CCC(=O)O)NC(=O)[C@@H](CC(=O)[C@H](CCC(=O)O)NC(=O)[C@H](CCC(N)=O)CC(=O)[C@@H](N)CCC(=O)O)Cc1ccccc1)Cc1c[nH]c2ccccc12)Cc1ccccc1. The van der Waals surface area contributed by atoms with E-state index in [9.17, 15) is 107 Å². The van der Waals surface area contributed by atoms with Crippen LogP contribution in [0, 0.1) is 29.6 Å². The van der Waals surface area contributed by atoms with Gasteiger partial charge in [-0.3, -0.25) is 91.1 Å². The molecule has 7 amide bonds. The van der Waals surface area contributed by atoms with E-state index in [1.165, 1.54) is 6.20 Å². The molecule has 4 rings (SSSR count). The molecule has 11 atom stereocenters. The number of hydrogen-bond acceptors (Lipinski definition) is 20. The Morgan fingerprint density at radius 1 is 0.339 bits per heavy atom. The lowest BCUT2D eigenvalue weighted by Crippen LogP contribution is -2.49. The average molecular weight is 1520 g/mol. The van der Waals surface area contributed by atoms with Crippen LogP contribution in [0.3, 0.4) is 0 Å². The Labute approximate surface area is 625 Å². The van der Waals surface area contributed by atoms with Gasteiger partial charge in [0.05, 0.1) is 36.3 Å². The molecule has 18 N–H and O–H groups in total. The van der Waals surface area contributed by atoms with Crippen LogP contribution in [-0.4, -0.2) is 184 Å². The molecule has 0 aliphatic heterocycles. The Hall–Kier alpha value is -11.7. The topological polar surface area (TPSA) is 600 Å². The zero-order valence-electron chi connectivity index (χ0n) is 60.2. The van der Waals surface area contributed by atoms with Gasteiger partial charge in [0.1, 0.15) is 5.78 Å². The van der Waals surface area contributed by atoms with Gasteiger partial charge >= 0.3 is 35.8 Å². The number of carbonyl (C=O) groups excluding carboxylic acids is 13. The van der Waals surface area contributed by atoms with E-state index in [1.807, 2.05) is 0 Å². The lowest BCUT2D eigenvalue weighted by atomic mass is 9.87. The molecular weight excluding hydrogens is 1430 g/mol. The predicted octanol–water partition coefficient (Wildman–Crippen LogP) is 2.13. The number of primary amides is 2. The fraction of sp³-hybridized carbons (Fsp3) is 0.480. The molecule has 34 heteroatoms. The monoisotopic (exact) mass is 1520 g/mol. The maximum Gasteiger partial charge on any atom is 0.303 e. The van der Waals surface area contributed by atoms with Gasteiger partial charge in [0.15, 0.2) is 28.9 Å². The van der Waals surface area contributed by atoms with Gasteiger partial charge in [-0.2, -0.15) is 0 Å². The first kappa shape index (κ1) is 89.7. The summed E-state index contributed by atoms with van der Waals surface area (Å²) in [5.41, 5.74) is 18.5. The molecular formula is C75H95N9O25. The number of benzene rings is 3. The first-order valence-electron chi connectivity index (χ1n) is 35.4. The number of nitrogens with two attached hydrogens (primary N) is 3. The summed E-state index contributed by atoms with van der Waals surface area (Å²) < 4.78 is 0. The Morgan fingerprint density at radius 2 is 0.624 bits per heavy atom. The van der Waals surface area contributed by atoms with E-state index in [0.29, 0.717) is 27.6 Å². The Bertz CT molecular complexity index is 3940. The van der Waals surface area contributed by atoms with E-state index >= 15 is 9.59 Å². The number of ketones is 6. The van der Waals surface area contributed by atoms with Crippen LogP contribution in [-0.2, 0) is 110 Å². The highest BCUT2D eigenvalue weighted by molar-refractivity contribution is 6.00. The molecule has 0 saturated carbocycles. The zero-order chi connectivity index (χ0) is 81.0. The summed E-state index contributed by atoms with van der Waals surface area (Å²) in [7, 11) is 0. The molecule has 0 unspecified atom stereocenters. The maximum atomic E-state index is 15.2. The molecule has 0 saturated heterocycles. The summed E-state index contributed by atoms with van der Waals surface area (Å²) in [5, 5.41) is 70.9. The van der Waals surface area contributed by atoms with Crippen LogP contribution in [0.2, 0.25) is 0 Å². The van der Waals surface area contributed by atoms with Gasteiger partial charge in [0.2, 0.25) is 41.4 Å². The van der Waals surface area contributed by atoms with Crippen LogP contribution in [0.5, 0.6) is 0 Å². The molecule has 0 aliphatic carbocycles. The standard InChI is InChI=1S/C75H95N9O25/c1-41(85)52(19-27-66(95)96)80-71(105)45(17-25-64(78)92)36-59(87)54(20-28-67(97)98)82-73(107)47(33-43-12-6-3-7-13-43)38-61(89)56(22-30-69(101)102)84-75(109)48(34-49-40-79-53-15-9-8-14-50(49)53)39-62(90)57(23-31-70(103)104)83-74(108)46(32-42-10-4-2-5-11-42)37-60(88)55(21-29-68(99)100)81-72(106)44(16-24-63(77)91)35-58(86)51(76)18-26-65(93)94/h2-15,40,44-48,51-52,54-57,79H,16-39,76H2,1H3,(H2,77,91)(H2,78,92)(H,80,105)(H,81,106)(H,82,107)(H,83,108)(H,84,109)(H,93,94)(H,95,96)(H,97,98)(H,99,100)(H,101,102)(H,103,104)/t44-,45-,46-,47-,48-,51+,52+,54+,55+,56+,57+/m1/s1. The van der Waals surface area contributed by atoms with Gasteiger partial charge in [-0.25, -0.2) is 0 Å². The summed E-state index contributed by atoms with van der Waals surface area (Å²) >= 11 is 0. The van der Waals surface area contributed by atoms with E-state index < -0.39 is 293 Å². The van der Waals surface area contributed by atoms with Crippen molar-refractivity contribution in [1.82, 2.24) is 31.6 Å². The second-order valence-corrected chi connectivity index (χ2v) is 26.9. The van der Waals surface area contributed by atoms with Gasteiger partial charge in [0.25, 0.3) is 0 Å². The van der Waals surface area contributed by atoms with Crippen LogP contribution in [0.4, 0.5) is 0 Å². The summed E-state index contributed by atoms with van der Waals surface area (Å²) in [6, 6.07) is 13.0. The van der Waals surface area contributed by atoms with E-state index in [-0.39, 0.29) is 38.5 Å². The minimum Gasteiger partial charge on any atom is -0.481 e. The van der Waals surface area contributed by atoms with Gasteiger partial charge in [-0.1, -0.05) is 78.9 Å². The first-order valence-corrected chi connectivity index (χ1v) is 35.4. The number of aromatic nitrogens is 1. The number of fused-ring (bicyclic) bond motifs is 1. The van der Waals surface area contributed by atoms with E-state index in [1.54, 1.807) is 84.9 Å². The second-order valence-electron chi connectivity index (χ2n) is 26.9. The Morgan fingerprint density at radius 3 is 0.963 bits per heavy atom. The molecule has 0 fully saturated rings. The number of H-pyrrole nitrogens is 1. The van der Waals surface area contributed by atoms with Crippen molar-refractivity contribution in [1.29, 1.82) is 0 Å². The normalized spacial score (nSPS) is 14.1. The van der Waals surface area contributed by atoms with Gasteiger partial charge < -0.3 is 79.4 Å². The van der Waals surface area contributed by atoms with Crippen molar-refractivity contribution in [2.75, 3.05) is 0 Å². The van der Waals surface area contributed by atoms with Crippen LogP contribution >= 0.6 is 0 Å². The third kappa shape index (κ3) is 33.3. The molecule has 1 aromatic heterocycles. The minimum absolute atomic E-state index is 0.277. The number of carboxylic acids is 6. The molecule has 0 radical (unpaired) electrons. The molecule has 34 nitrogen and oxygen atoms in total. The van der Waals surface area contributed by atoms with Crippen molar-refractivity contribution in [3.8, 4) is 0 Å². The van der Waals surface area contributed by atoms with Crippen molar-refractivity contribution in [2.45, 2.75) is 197 Å². The third-order valence-corrected chi connectivity index (χ3v) is 18.3. The minimum atomic E-state index is -1.78. The highest BCUT2D eigenvalue weighted by Gasteiger charge is 2.38. The number of carbonyl (C=O) groups is 19. The average Bonchev–Trinajstić information content (AvgIpc) is 1.72. The number of carboxylic acid groups (broad SMARTS) is 6. The van der Waals surface area contributed by atoms with Gasteiger partial charge in [-0.15, -0.1) is 0 Å². The van der Waals surface area contributed by atoms with Crippen molar-refractivity contribution in [3.63, 3.8) is 0 Å². The van der Waals surface area contributed by atoms with Crippen molar-refractivity contribution < 1.29 is 122 Å².